The van der Waals surface area contributed by atoms with Gasteiger partial charge in [0.25, 0.3) is 0 Å². The number of aryl methyl sites for hydroxylation is 1. The minimum Gasteiger partial charge on any atom is -0.457 e. The molecule has 192 valence electrons. The summed E-state index contributed by atoms with van der Waals surface area (Å²) in [5.41, 5.74) is 0.860. The number of benzene rings is 3. The average Bonchev–Trinajstić information content (AvgIpc) is 3.27. The fraction of sp³-hybridized carbons (Fsp3) is 0.259. The molecule has 1 fully saturated rings. The van der Waals surface area contributed by atoms with Gasteiger partial charge in [-0.25, -0.2) is 13.2 Å². The zero-order valence-corrected chi connectivity index (χ0v) is 21.1. The van der Waals surface area contributed by atoms with Gasteiger partial charge in [-0.1, -0.05) is 41.1 Å². The highest BCUT2D eigenvalue weighted by Gasteiger charge is 2.45. The molecule has 0 bridgehead atoms. The smallest absolute Gasteiger partial charge is 0.418 e. The number of sulfonamides is 1. The van der Waals surface area contributed by atoms with Crippen molar-refractivity contribution in [2.24, 2.45) is 5.16 Å². The molecule has 0 aromatic heterocycles. The second-order valence-electron chi connectivity index (χ2n) is 9.11. The Bertz CT molecular complexity index is 1380. The molecule has 0 unspecified atom stereocenters. The van der Waals surface area contributed by atoms with Crippen LogP contribution in [0.25, 0.3) is 0 Å². The summed E-state index contributed by atoms with van der Waals surface area (Å²) in [6.45, 7) is 2.50. The standard InChI is InChI=1S/C27H27N3O6S/c1-20-7-13-24(14-8-20)37(32,33)30-17-15-27(16-18-30)19-25(29-36-27)35-26(31)28-21-9-11-23(12-10-21)34-22-5-3-2-4-6-22/h2-14H,15-19H2,1H3,(H,28,31). The van der Waals surface area contributed by atoms with Crippen molar-refractivity contribution in [1.29, 1.82) is 0 Å². The van der Waals surface area contributed by atoms with Crippen LogP contribution < -0.4 is 10.1 Å². The van der Waals surface area contributed by atoms with Gasteiger partial charge in [0, 0.05) is 31.6 Å². The monoisotopic (exact) mass is 521 g/mol. The molecule has 0 radical (unpaired) electrons. The van der Waals surface area contributed by atoms with Crippen LogP contribution in [0.15, 0.2) is 88.9 Å². The van der Waals surface area contributed by atoms with Crippen molar-refractivity contribution in [1.82, 2.24) is 4.31 Å². The molecule has 3 aromatic carbocycles. The molecule has 2 aliphatic rings. The molecule has 1 saturated heterocycles. The van der Waals surface area contributed by atoms with E-state index in [-0.39, 0.29) is 10.8 Å². The van der Waals surface area contributed by atoms with Gasteiger partial charge >= 0.3 is 6.09 Å². The molecule has 2 aliphatic heterocycles. The maximum absolute atomic E-state index is 13.0. The predicted molar refractivity (Wildman–Crippen MR) is 138 cm³/mol. The van der Waals surface area contributed by atoms with Gasteiger partial charge in [0.15, 0.2) is 0 Å². The maximum atomic E-state index is 13.0. The number of amides is 1. The highest BCUT2D eigenvalue weighted by atomic mass is 32.2. The molecule has 0 atom stereocenters. The van der Waals surface area contributed by atoms with E-state index in [1.165, 1.54) is 4.31 Å². The minimum atomic E-state index is -3.58. The normalized spacial score (nSPS) is 17.1. The zero-order chi connectivity index (χ0) is 25.9. The Morgan fingerprint density at radius 1 is 0.946 bits per heavy atom. The van der Waals surface area contributed by atoms with Gasteiger partial charge in [-0.3, -0.25) is 5.32 Å². The Kier molecular flexibility index (Phi) is 6.86. The van der Waals surface area contributed by atoms with Gasteiger partial charge in [0.2, 0.25) is 15.9 Å². The van der Waals surface area contributed by atoms with Crippen LogP contribution in [0.1, 0.15) is 24.8 Å². The number of hydrogen-bond donors (Lipinski definition) is 1. The average molecular weight is 522 g/mol. The van der Waals surface area contributed by atoms with Crippen molar-refractivity contribution >= 4 is 27.7 Å². The van der Waals surface area contributed by atoms with Gasteiger partial charge in [-0.2, -0.15) is 4.31 Å². The van der Waals surface area contributed by atoms with Gasteiger partial charge in [0.1, 0.15) is 17.1 Å². The van der Waals surface area contributed by atoms with Crippen LogP contribution in [0.4, 0.5) is 10.5 Å². The van der Waals surface area contributed by atoms with Gasteiger partial charge in [-0.05, 0) is 55.5 Å². The van der Waals surface area contributed by atoms with E-state index in [1.54, 1.807) is 48.5 Å². The topological polar surface area (TPSA) is 107 Å². The lowest BCUT2D eigenvalue weighted by Gasteiger charge is -2.36. The van der Waals surface area contributed by atoms with E-state index in [0.717, 1.165) is 11.3 Å². The fourth-order valence-corrected chi connectivity index (χ4v) is 5.73. The second kappa shape index (κ2) is 10.2. The number of nitrogens with zero attached hydrogens (tertiary/aromatic N) is 2. The molecule has 0 saturated carbocycles. The number of ether oxygens (including phenoxy) is 2. The number of carbonyl (C=O) groups is 1. The number of nitrogens with one attached hydrogen (secondary N) is 1. The number of oxime groups is 1. The first kappa shape index (κ1) is 24.8. The van der Waals surface area contributed by atoms with E-state index in [1.807, 2.05) is 37.3 Å². The Morgan fingerprint density at radius 3 is 2.27 bits per heavy atom. The number of piperidine rings is 1. The van der Waals surface area contributed by atoms with Gasteiger partial charge in [-0.15, -0.1) is 0 Å². The van der Waals surface area contributed by atoms with Crippen molar-refractivity contribution in [3.63, 3.8) is 0 Å². The van der Waals surface area contributed by atoms with Gasteiger partial charge < -0.3 is 14.3 Å². The Balaban J connectivity index is 1.11. The first-order chi connectivity index (χ1) is 17.8. The van der Waals surface area contributed by atoms with Crippen molar-refractivity contribution in [2.45, 2.75) is 36.7 Å². The highest BCUT2D eigenvalue weighted by Crippen LogP contribution is 2.36. The molecule has 9 nitrogen and oxygen atoms in total. The highest BCUT2D eigenvalue weighted by molar-refractivity contribution is 7.89. The van der Waals surface area contributed by atoms with Gasteiger partial charge in [0.05, 0.1) is 11.3 Å². The van der Waals surface area contributed by atoms with Crippen LogP contribution in [0, 0.1) is 6.92 Å². The molecule has 5 rings (SSSR count). The Hall–Kier alpha value is -3.89. The SMILES string of the molecule is Cc1ccc(S(=O)(=O)N2CCC3(CC2)CC(OC(=O)Nc2ccc(Oc4ccccc4)cc2)=NO3)cc1. The second-order valence-corrected chi connectivity index (χ2v) is 11.0. The van der Waals surface area contributed by atoms with Crippen molar-refractivity contribution in [2.75, 3.05) is 18.4 Å². The molecule has 0 aliphatic carbocycles. The fourth-order valence-electron chi connectivity index (χ4n) is 4.29. The third-order valence-corrected chi connectivity index (χ3v) is 8.31. The molecular weight excluding hydrogens is 494 g/mol. The first-order valence-electron chi connectivity index (χ1n) is 12.0. The summed E-state index contributed by atoms with van der Waals surface area (Å²) < 4.78 is 38.5. The van der Waals surface area contributed by atoms with E-state index in [0.29, 0.717) is 43.8 Å². The number of carbonyl (C=O) groups excluding carboxylic acids is 1. The van der Waals surface area contributed by atoms with E-state index >= 15 is 0 Å². The summed E-state index contributed by atoms with van der Waals surface area (Å²) in [5, 5.41) is 6.62. The van der Waals surface area contributed by atoms with E-state index < -0.39 is 21.7 Å². The summed E-state index contributed by atoms with van der Waals surface area (Å²) >= 11 is 0. The quantitative estimate of drug-likeness (QED) is 0.489. The summed E-state index contributed by atoms with van der Waals surface area (Å²) in [4.78, 5) is 18.3. The summed E-state index contributed by atoms with van der Waals surface area (Å²) in [7, 11) is -3.58. The van der Waals surface area contributed by atoms with Crippen molar-refractivity contribution in [3.05, 3.63) is 84.4 Å². The van der Waals surface area contributed by atoms with Crippen molar-refractivity contribution < 1.29 is 27.5 Å². The van der Waals surface area contributed by atoms with Crippen LogP contribution in [0.3, 0.4) is 0 Å². The lowest BCUT2D eigenvalue weighted by atomic mass is 9.89. The summed E-state index contributed by atoms with van der Waals surface area (Å²) in [6.07, 6.45) is 0.496. The largest absolute Gasteiger partial charge is 0.457 e. The van der Waals surface area contributed by atoms with Crippen molar-refractivity contribution in [3.8, 4) is 11.5 Å². The van der Waals surface area contributed by atoms with E-state index in [9.17, 15) is 13.2 Å². The zero-order valence-electron chi connectivity index (χ0n) is 20.3. The lowest BCUT2D eigenvalue weighted by Crippen LogP contribution is -2.46. The molecule has 2 heterocycles. The van der Waals surface area contributed by atoms with Crippen LogP contribution in [0.5, 0.6) is 11.5 Å². The summed E-state index contributed by atoms with van der Waals surface area (Å²) in [5.74, 6) is 1.52. The van der Waals surface area contributed by atoms with E-state index in [2.05, 4.69) is 10.5 Å². The van der Waals surface area contributed by atoms with Crippen LogP contribution in [-0.2, 0) is 19.6 Å². The molecule has 1 N–H and O–H groups in total. The summed E-state index contributed by atoms with van der Waals surface area (Å²) in [6, 6.07) is 23.1. The molecule has 3 aromatic rings. The number of para-hydroxylation sites is 1. The number of hydrogen-bond acceptors (Lipinski definition) is 7. The molecule has 10 heteroatoms. The number of rotatable bonds is 5. The predicted octanol–water partition coefficient (Wildman–Crippen LogP) is 5.29. The van der Waals surface area contributed by atoms with E-state index in [4.69, 9.17) is 14.3 Å². The molecule has 1 spiro atoms. The lowest BCUT2D eigenvalue weighted by molar-refractivity contribution is -0.0506. The Labute approximate surface area is 215 Å². The van der Waals surface area contributed by atoms with Crippen LogP contribution >= 0.6 is 0 Å². The molecular formula is C27H27N3O6S. The first-order valence-corrected chi connectivity index (χ1v) is 13.4. The molecule has 1 amide bonds. The number of anilines is 1. The minimum absolute atomic E-state index is 0.163. The Morgan fingerprint density at radius 2 is 1.59 bits per heavy atom. The van der Waals surface area contributed by atoms with Crippen LogP contribution in [-0.4, -0.2) is 43.4 Å². The third-order valence-electron chi connectivity index (χ3n) is 6.40. The molecule has 37 heavy (non-hydrogen) atoms. The van der Waals surface area contributed by atoms with Crippen LogP contribution in [0.2, 0.25) is 0 Å². The third kappa shape index (κ3) is 5.76. The maximum Gasteiger partial charge on any atom is 0.418 e.